The largest absolute Gasteiger partial charge is 0.350 e. The molecule has 1 aromatic heterocycles. The lowest BCUT2D eigenvalue weighted by atomic mass is 10.0. The molecule has 156 valence electrons. The van der Waals surface area contributed by atoms with Crippen LogP contribution < -0.4 is 10.6 Å². The van der Waals surface area contributed by atoms with Gasteiger partial charge in [0.25, 0.3) is 5.91 Å². The lowest BCUT2D eigenvalue weighted by Crippen LogP contribution is -2.43. The van der Waals surface area contributed by atoms with Gasteiger partial charge in [-0.25, -0.2) is 8.42 Å². The highest BCUT2D eigenvalue weighted by molar-refractivity contribution is 7.89. The highest BCUT2D eigenvalue weighted by Gasteiger charge is 2.32. The second-order valence-electron chi connectivity index (χ2n) is 7.47. The van der Waals surface area contributed by atoms with Crippen LogP contribution in [0, 0.1) is 0 Å². The number of halogens is 1. The molecule has 2 aromatic rings. The average Bonchev–Trinajstić information content (AvgIpc) is 3.23. The average molecular weight is 454 g/mol. The van der Waals surface area contributed by atoms with Crippen LogP contribution >= 0.6 is 22.9 Å². The van der Waals surface area contributed by atoms with Gasteiger partial charge in [-0.2, -0.15) is 4.31 Å². The van der Waals surface area contributed by atoms with Crippen molar-refractivity contribution in [1.82, 2.24) is 14.9 Å². The molecule has 1 atom stereocenters. The molecule has 0 saturated carbocycles. The molecule has 1 fully saturated rings. The van der Waals surface area contributed by atoms with Crippen molar-refractivity contribution in [2.24, 2.45) is 0 Å². The molecule has 0 bridgehead atoms. The van der Waals surface area contributed by atoms with Crippen LogP contribution in [0.15, 0.2) is 34.5 Å². The minimum absolute atomic E-state index is 0.0917. The Morgan fingerprint density at radius 2 is 2.14 bits per heavy atom. The van der Waals surface area contributed by atoms with Gasteiger partial charge in [0.15, 0.2) is 0 Å². The van der Waals surface area contributed by atoms with Gasteiger partial charge in [0, 0.05) is 30.7 Å². The Morgan fingerprint density at radius 1 is 1.28 bits per heavy atom. The van der Waals surface area contributed by atoms with Gasteiger partial charge in [0.2, 0.25) is 10.0 Å². The second kappa shape index (κ2) is 8.73. The maximum Gasteiger partial charge on any atom is 0.262 e. The van der Waals surface area contributed by atoms with E-state index in [4.69, 9.17) is 11.6 Å². The Bertz CT molecular complexity index is 1000. The van der Waals surface area contributed by atoms with E-state index in [1.807, 2.05) is 12.1 Å². The Morgan fingerprint density at radius 3 is 2.93 bits per heavy atom. The quantitative estimate of drug-likeness (QED) is 0.729. The van der Waals surface area contributed by atoms with E-state index in [2.05, 4.69) is 10.6 Å². The van der Waals surface area contributed by atoms with Gasteiger partial charge in [-0.05, 0) is 60.5 Å². The number of rotatable bonds is 5. The number of fused-ring (bicyclic) bond motifs is 1. The third-order valence-electron chi connectivity index (χ3n) is 5.52. The van der Waals surface area contributed by atoms with Crippen LogP contribution in [0.4, 0.5) is 0 Å². The van der Waals surface area contributed by atoms with Crippen LogP contribution in [0.1, 0.15) is 40.1 Å². The van der Waals surface area contributed by atoms with Crippen molar-refractivity contribution in [2.45, 2.75) is 43.2 Å². The molecular weight excluding hydrogens is 430 g/mol. The van der Waals surface area contributed by atoms with Crippen molar-refractivity contribution in [1.29, 1.82) is 0 Å². The van der Waals surface area contributed by atoms with Crippen molar-refractivity contribution in [3.63, 3.8) is 0 Å². The van der Waals surface area contributed by atoms with Gasteiger partial charge in [-0.3, -0.25) is 4.79 Å². The van der Waals surface area contributed by atoms with Crippen LogP contribution in [-0.4, -0.2) is 44.3 Å². The smallest absolute Gasteiger partial charge is 0.262 e. The molecule has 29 heavy (non-hydrogen) atoms. The number of carbonyl (C=O) groups excluding carboxylic acids is 1. The van der Waals surface area contributed by atoms with Crippen molar-refractivity contribution in [2.75, 3.05) is 19.6 Å². The van der Waals surface area contributed by atoms with E-state index in [1.54, 1.807) is 11.4 Å². The van der Waals surface area contributed by atoms with E-state index in [0.717, 1.165) is 36.9 Å². The fourth-order valence-electron chi connectivity index (χ4n) is 3.90. The molecule has 2 N–H and O–H groups in total. The molecule has 0 aliphatic carbocycles. The molecule has 1 amide bonds. The van der Waals surface area contributed by atoms with Crippen LogP contribution in [0.25, 0.3) is 0 Å². The fraction of sp³-hybridized carbons (Fsp3) is 0.450. The molecular formula is C20H24ClN3O3S2. The molecule has 6 nitrogen and oxygen atoms in total. The topological polar surface area (TPSA) is 78.5 Å². The van der Waals surface area contributed by atoms with Crippen LogP contribution in [0.5, 0.6) is 0 Å². The van der Waals surface area contributed by atoms with E-state index >= 15 is 0 Å². The summed E-state index contributed by atoms with van der Waals surface area (Å²) in [5.41, 5.74) is 2.03. The number of piperidine rings is 1. The van der Waals surface area contributed by atoms with Crippen LogP contribution in [-0.2, 0) is 23.0 Å². The zero-order valence-corrected chi connectivity index (χ0v) is 18.4. The normalized spacial score (nSPS) is 20.2. The Labute approximate surface area is 180 Å². The fourth-order valence-corrected chi connectivity index (χ4v) is 6.83. The number of nitrogens with zero attached hydrogens (tertiary/aromatic N) is 1. The van der Waals surface area contributed by atoms with Crippen molar-refractivity contribution >= 4 is 38.9 Å². The maximum absolute atomic E-state index is 13.3. The predicted molar refractivity (Wildman–Crippen MR) is 115 cm³/mol. The first-order chi connectivity index (χ1) is 13.9. The monoisotopic (exact) mass is 453 g/mol. The van der Waals surface area contributed by atoms with Gasteiger partial charge >= 0.3 is 0 Å². The molecule has 0 unspecified atom stereocenters. The standard InChI is InChI=1S/C20H24ClN3O3S2/c21-16-5-4-15-13-24(9-6-14(15)11-16)29(26,27)18-7-10-28-19(18)20(25)23-12-17-3-1-2-8-22-17/h4-5,7,10-11,17,22H,1-3,6,8-9,12-13H2,(H,23,25)/t17-/m1/s1. The molecule has 2 aliphatic rings. The van der Waals surface area contributed by atoms with Gasteiger partial charge < -0.3 is 10.6 Å². The second-order valence-corrected chi connectivity index (χ2v) is 10.7. The van der Waals surface area contributed by atoms with E-state index in [0.29, 0.717) is 24.5 Å². The zero-order valence-electron chi connectivity index (χ0n) is 16.0. The summed E-state index contributed by atoms with van der Waals surface area (Å²) in [6.07, 6.45) is 3.93. The molecule has 2 aliphatic heterocycles. The summed E-state index contributed by atoms with van der Waals surface area (Å²) < 4.78 is 28.0. The van der Waals surface area contributed by atoms with Gasteiger partial charge in [-0.1, -0.05) is 24.1 Å². The Kier molecular flexibility index (Phi) is 6.27. The lowest BCUT2D eigenvalue weighted by molar-refractivity contribution is 0.0948. The zero-order chi connectivity index (χ0) is 20.4. The molecule has 3 heterocycles. The van der Waals surface area contributed by atoms with Crippen molar-refractivity contribution in [3.8, 4) is 0 Å². The summed E-state index contributed by atoms with van der Waals surface area (Å²) in [5.74, 6) is -0.324. The molecule has 4 rings (SSSR count). The number of hydrogen-bond acceptors (Lipinski definition) is 5. The number of nitrogens with one attached hydrogen (secondary N) is 2. The predicted octanol–water partition coefficient (Wildman–Crippen LogP) is 3.02. The van der Waals surface area contributed by atoms with Gasteiger partial charge in [-0.15, -0.1) is 11.3 Å². The highest BCUT2D eigenvalue weighted by Crippen LogP contribution is 2.30. The number of benzene rings is 1. The van der Waals surface area contributed by atoms with Crippen LogP contribution in [0.2, 0.25) is 5.02 Å². The van der Waals surface area contributed by atoms with Crippen molar-refractivity contribution < 1.29 is 13.2 Å². The van der Waals surface area contributed by atoms with Crippen molar-refractivity contribution in [3.05, 3.63) is 50.7 Å². The summed E-state index contributed by atoms with van der Waals surface area (Å²) in [4.78, 5) is 13.1. The highest BCUT2D eigenvalue weighted by atomic mass is 35.5. The van der Waals surface area contributed by atoms with E-state index in [-0.39, 0.29) is 28.3 Å². The molecule has 1 aromatic carbocycles. The maximum atomic E-state index is 13.3. The number of thiophene rings is 1. The molecule has 0 radical (unpaired) electrons. The summed E-state index contributed by atoms with van der Waals surface area (Å²) in [5, 5.41) is 8.61. The lowest BCUT2D eigenvalue weighted by Gasteiger charge is -2.28. The van der Waals surface area contributed by atoms with Gasteiger partial charge in [0.1, 0.15) is 9.77 Å². The number of carbonyl (C=O) groups is 1. The summed E-state index contributed by atoms with van der Waals surface area (Å²) >= 11 is 7.21. The SMILES string of the molecule is O=C(NC[C@H]1CCCCN1)c1sccc1S(=O)(=O)N1CCc2cc(Cl)ccc2C1. The minimum atomic E-state index is -3.76. The number of sulfonamides is 1. The van der Waals surface area contributed by atoms with E-state index in [9.17, 15) is 13.2 Å². The third-order valence-corrected chi connectivity index (χ3v) is 8.69. The molecule has 9 heteroatoms. The minimum Gasteiger partial charge on any atom is -0.350 e. The van der Waals surface area contributed by atoms with E-state index < -0.39 is 10.0 Å². The Hall–Kier alpha value is -1.45. The first-order valence-electron chi connectivity index (χ1n) is 9.81. The number of amides is 1. The number of hydrogen-bond donors (Lipinski definition) is 2. The van der Waals surface area contributed by atoms with Crippen LogP contribution in [0.3, 0.4) is 0 Å². The molecule has 1 saturated heterocycles. The Balaban J connectivity index is 1.49. The summed E-state index contributed by atoms with van der Waals surface area (Å²) in [6.45, 7) is 2.13. The first-order valence-corrected chi connectivity index (χ1v) is 12.5. The summed E-state index contributed by atoms with van der Waals surface area (Å²) in [6, 6.07) is 7.32. The first kappa shape index (κ1) is 20.8. The molecule has 0 spiro atoms. The third kappa shape index (κ3) is 4.51. The van der Waals surface area contributed by atoms with Gasteiger partial charge in [0.05, 0.1) is 0 Å². The summed E-state index contributed by atoms with van der Waals surface area (Å²) in [7, 11) is -3.76. The van der Waals surface area contributed by atoms with E-state index in [1.165, 1.54) is 21.7 Å².